The number of esters is 1. The molecule has 0 atom stereocenters. The van der Waals surface area contributed by atoms with Crippen molar-refractivity contribution in [2.24, 2.45) is 0 Å². The average Bonchev–Trinajstić information content (AvgIpc) is 2.63. The molecule has 0 radical (unpaired) electrons. The highest BCUT2D eigenvalue weighted by molar-refractivity contribution is 5.69. The Bertz CT molecular complexity index is 444. The van der Waals surface area contributed by atoms with Crippen LogP contribution in [0.2, 0.25) is 0 Å². The first-order valence-corrected chi connectivity index (χ1v) is 11.4. The molecule has 0 aliphatic heterocycles. The Hall–Kier alpha value is -1.35. The molecular formula is C25H46NO2+. The van der Waals surface area contributed by atoms with Crippen LogP contribution in [-0.2, 0) is 9.53 Å². The number of carbonyl (C=O) groups excluding carboxylic acids is 1. The van der Waals surface area contributed by atoms with Crippen molar-refractivity contribution in [3.05, 3.63) is 36.5 Å². The molecule has 0 saturated carbocycles. The lowest BCUT2D eigenvalue weighted by Crippen LogP contribution is -2.37. The van der Waals surface area contributed by atoms with Crippen LogP contribution in [0.3, 0.4) is 0 Å². The van der Waals surface area contributed by atoms with Gasteiger partial charge in [-0.15, -0.1) is 0 Å². The van der Waals surface area contributed by atoms with Gasteiger partial charge in [0.15, 0.2) is 0 Å². The van der Waals surface area contributed by atoms with Gasteiger partial charge in [0.1, 0.15) is 13.2 Å². The first kappa shape index (κ1) is 26.6. The monoisotopic (exact) mass is 392 g/mol. The zero-order valence-corrected chi connectivity index (χ0v) is 19.1. The molecule has 3 nitrogen and oxygen atoms in total. The average molecular weight is 393 g/mol. The second kappa shape index (κ2) is 19.0. The summed E-state index contributed by atoms with van der Waals surface area (Å²) >= 11 is 0. The number of hydrogen-bond acceptors (Lipinski definition) is 2. The molecule has 0 N–H and O–H groups in total. The maximum atomic E-state index is 11.6. The molecule has 3 heteroatoms. The minimum Gasteiger partial charge on any atom is -0.460 e. The molecule has 0 spiro atoms. The van der Waals surface area contributed by atoms with E-state index in [0.29, 0.717) is 13.0 Å². The van der Waals surface area contributed by atoms with Gasteiger partial charge in [0, 0.05) is 6.42 Å². The van der Waals surface area contributed by atoms with Gasteiger partial charge in [0.2, 0.25) is 0 Å². The Morgan fingerprint density at radius 2 is 1.29 bits per heavy atom. The highest BCUT2D eigenvalue weighted by Crippen LogP contribution is 2.07. The molecular weight excluding hydrogens is 346 g/mol. The van der Waals surface area contributed by atoms with Crippen LogP contribution in [0.5, 0.6) is 0 Å². The van der Waals surface area contributed by atoms with Gasteiger partial charge in [0.05, 0.1) is 21.1 Å². The minimum atomic E-state index is -0.0454. The quantitative estimate of drug-likeness (QED) is 0.114. The number of quaternary nitrogens is 1. The van der Waals surface area contributed by atoms with Gasteiger partial charge in [-0.2, -0.15) is 0 Å². The van der Waals surface area contributed by atoms with Crippen molar-refractivity contribution in [2.45, 2.75) is 84.0 Å². The molecule has 162 valence electrons. The van der Waals surface area contributed by atoms with Crippen molar-refractivity contribution >= 4 is 5.97 Å². The fourth-order valence-corrected chi connectivity index (χ4v) is 2.68. The van der Waals surface area contributed by atoms with E-state index in [0.717, 1.165) is 43.1 Å². The third kappa shape index (κ3) is 22.7. The molecule has 0 saturated heterocycles. The summed E-state index contributed by atoms with van der Waals surface area (Å²) < 4.78 is 6.10. The molecule has 0 aromatic rings. The number of ether oxygens (including phenoxy) is 1. The van der Waals surface area contributed by atoms with E-state index in [4.69, 9.17) is 4.74 Å². The molecule has 0 heterocycles. The van der Waals surface area contributed by atoms with Crippen LogP contribution in [0, 0.1) is 0 Å². The summed E-state index contributed by atoms with van der Waals surface area (Å²) in [5, 5.41) is 0. The van der Waals surface area contributed by atoms with Crippen LogP contribution >= 0.6 is 0 Å². The molecule has 0 aromatic carbocycles. The SMILES string of the molecule is CCCCC/C=C\C/C=C\C/C=C\CCCCCCC(=O)OCC[N+](C)(C)C. The number of likely N-dealkylation sites (N-methyl/N-ethyl adjacent to an activating group) is 1. The normalized spacial score (nSPS) is 12.6. The highest BCUT2D eigenvalue weighted by atomic mass is 16.5. The molecule has 0 aromatic heterocycles. The van der Waals surface area contributed by atoms with Gasteiger partial charge in [0.25, 0.3) is 0 Å². The van der Waals surface area contributed by atoms with E-state index in [1.54, 1.807) is 0 Å². The standard InChI is InChI=1S/C25H46NO2/c1-5-6-7-8-9-10-11-12-13-14-15-16-17-18-19-20-21-22-25(27)28-24-23-26(2,3)4/h9-10,12-13,15-16H,5-8,11,14,17-24H2,1-4H3/q+1/b10-9-,13-12-,16-15-. The lowest BCUT2D eigenvalue weighted by atomic mass is 10.1. The molecule has 0 aliphatic rings. The number of unbranched alkanes of at least 4 members (excludes halogenated alkanes) is 7. The molecule has 0 unspecified atom stereocenters. The third-order valence-corrected chi connectivity index (χ3v) is 4.55. The Morgan fingerprint density at radius 3 is 1.86 bits per heavy atom. The molecule has 28 heavy (non-hydrogen) atoms. The van der Waals surface area contributed by atoms with Crippen molar-refractivity contribution in [3.63, 3.8) is 0 Å². The lowest BCUT2D eigenvalue weighted by Gasteiger charge is -2.23. The van der Waals surface area contributed by atoms with E-state index in [9.17, 15) is 4.79 Å². The van der Waals surface area contributed by atoms with Crippen molar-refractivity contribution in [1.29, 1.82) is 0 Å². The Kier molecular flexibility index (Phi) is 18.1. The summed E-state index contributed by atoms with van der Waals surface area (Å²) in [4.78, 5) is 11.6. The summed E-state index contributed by atoms with van der Waals surface area (Å²) in [6, 6.07) is 0. The van der Waals surface area contributed by atoms with Crippen LogP contribution in [0.1, 0.15) is 84.0 Å². The van der Waals surface area contributed by atoms with Crippen molar-refractivity contribution < 1.29 is 14.0 Å². The van der Waals surface area contributed by atoms with Crippen LogP contribution in [0.4, 0.5) is 0 Å². The predicted molar refractivity (Wildman–Crippen MR) is 122 cm³/mol. The van der Waals surface area contributed by atoms with E-state index in [2.05, 4.69) is 64.5 Å². The van der Waals surface area contributed by atoms with Gasteiger partial charge in [-0.25, -0.2) is 0 Å². The second-order valence-electron chi connectivity index (χ2n) is 8.57. The summed E-state index contributed by atoms with van der Waals surface area (Å²) in [5.74, 6) is -0.0454. The summed E-state index contributed by atoms with van der Waals surface area (Å²) in [7, 11) is 6.31. The number of rotatable bonds is 18. The first-order chi connectivity index (χ1) is 13.5. The van der Waals surface area contributed by atoms with E-state index in [-0.39, 0.29) is 5.97 Å². The number of allylic oxidation sites excluding steroid dienone is 6. The Morgan fingerprint density at radius 1 is 0.750 bits per heavy atom. The van der Waals surface area contributed by atoms with E-state index in [1.807, 2.05) is 0 Å². The Labute approximate surface area is 175 Å². The second-order valence-corrected chi connectivity index (χ2v) is 8.57. The van der Waals surface area contributed by atoms with E-state index < -0.39 is 0 Å². The molecule has 0 rings (SSSR count). The highest BCUT2D eigenvalue weighted by Gasteiger charge is 2.08. The first-order valence-electron chi connectivity index (χ1n) is 11.4. The Balaban J connectivity index is 3.39. The predicted octanol–water partition coefficient (Wildman–Crippen LogP) is 6.61. The van der Waals surface area contributed by atoms with Crippen LogP contribution in [0.15, 0.2) is 36.5 Å². The number of hydrogen-bond donors (Lipinski definition) is 0. The van der Waals surface area contributed by atoms with Gasteiger partial charge < -0.3 is 9.22 Å². The van der Waals surface area contributed by atoms with E-state index >= 15 is 0 Å². The summed E-state index contributed by atoms with van der Waals surface area (Å²) in [6.45, 7) is 3.63. The summed E-state index contributed by atoms with van der Waals surface area (Å²) in [5.41, 5.74) is 0. The lowest BCUT2D eigenvalue weighted by molar-refractivity contribution is -0.870. The fraction of sp³-hybridized carbons (Fsp3) is 0.720. The molecule has 0 aliphatic carbocycles. The van der Waals surface area contributed by atoms with Gasteiger partial charge in [-0.3, -0.25) is 4.79 Å². The van der Waals surface area contributed by atoms with Crippen molar-refractivity contribution in [1.82, 2.24) is 0 Å². The van der Waals surface area contributed by atoms with Crippen LogP contribution in [0.25, 0.3) is 0 Å². The summed E-state index contributed by atoms with van der Waals surface area (Å²) in [6.07, 6.45) is 27.0. The van der Waals surface area contributed by atoms with Gasteiger partial charge in [-0.05, 0) is 44.9 Å². The molecule has 0 fully saturated rings. The number of carbonyl (C=O) groups is 1. The third-order valence-electron chi connectivity index (χ3n) is 4.55. The molecule has 0 amide bonds. The smallest absolute Gasteiger partial charge is 0.305 e. The number of nitrogens with zero attached hydrogens (tertiary/aromatic N) is 1. The van der Waals surface area contributed by atoms with Crippen LogP contribution in [-0.4, -0.2) is 44.7 Å². The maximum Gasteiger partial charge on any atom is 0.305 e. The molecule has 0 bridgehead atoms. The van der Waals surface area contributed by atoms with Gasteiger partial charge in [-0.1, -0.05) is 69.1 Å². The minimum absolute atomic E-state index is 0.0454. The van der Waals surface area contributed by atoms with Gasteiger partial charge >= 0.3 is 5.97 Å². The topological polar surface area (TPSA) is 26.3 Å². The van der Waals surface area contributed by atoms with Crippen molar-refractivity contribution in [2.75, 3.05) is 34.3 Å². The largest absolute Gasteiger partial charge is 0.460 e. The van der Waals surface area contributed by atoms with Crippen molar-refractivity contribution in [3.8, 4) is 0 Å². The maximum absolute atomic E-state index is 11.6. The van der Waals surface area contributed by atoms with Crippen LogP contribution < -0.4 is 0 Å². The fourth-order valence-electron chi connectivity index (χ4n) is 2.68. The zero-order chi connectivity index (χ0) is 20.9. The van der Waals surface area contributed by atoms with E-state index in [1.165, 1.54) is 38.5 Å². The zero-order valence-electron chi connectivity index (χ0n) is 19.1.